The second-order valence-electron chi connectivity index (χ2n) is 15.0. The van der Waals surface area contributed by atoms with E-state index in [1.807, 2.05) is 6.07 Å². The van der Waals surface area contributed by atoms with Crippen LogP contribution < -0.4 is 16.0 Å². The number of hydrogen-bond donors (Lipinski definition) is 3. The topological polar surface area (TPSA) is 59.1 Å². The number of nitrogens with one attached hydrogen (secondary N) is 3. The van der Waals surface area contributed by atoms with Gasteiger partial charge < -0.3 is 13.6 Å². The summed E-state index contributed by atoms with van der Waals surface area (Å²) in [7, 11) is 0. The highest BCUT2D eigenvalue weighted by molar-refractivity contribution is 6.29. The lowest BCUT2D eigenvalue weighted by atomic mass is 10.0. The smallest absolute Gasteiger partial charge is 0.145 e. The molecule has 3 N–H and O–H groups in total. The van der Waals surface area contributed by atoms with Crippen molar-refractivity contribution in [2.24, 2.45) is 0 Å². The highest BCUT2D eigenvalue weighted by Gasteiger charge is 2.30. The summed E-state index contributed by atoms with van der Waals surface area (Å²) < 4.78 is 11.7. The third kappa shape index (κ3) is 5.02. The Bertz CT molecular complexity index is 3240. The number of fused-ring (bicyclic) bond motifs is 11. The minimum absolute atomic E-state index is 0.0675. The Kier molecular flexibility index (Phi) is 7.25. The van der Waals surface area contributed by atoms with E-state index in [0.29, 0.717) is 0 Å². The lowest BCUT2D eigenvalue weighted by molar-refractivity contribution is 0.203. The molecule has 0 radical (unpaired) electrons. The van der Waals surface area contributed by atoms with Crippen LogP contribution in [0.25, 0.3) is 76.9 Å². The number of nitrogens with zero attached hydrogens (tertiary/aromatic N) is 2. The molecule has 2 atom stereocenters. The van der Waals surface area contributed by atoms with Crippen molar-refractivity contribution >= 4 is 65.6 Å². The maximum atomic E-state index is 6.79. The van der Waals surface area contributed by atoms with E-state index in [-0.39, 0.29) is 18.5 Å². The average Bonchev–Trinajstić information content (AvgIpc) is 3.95. The first-order valence-electron chi connectivity index (χ1n) is 19.6. The molecule has 3 aromatic heterocycles. The van der Waals surface area contributed by atoms with Gasteiger partial charge in [0.05, 0.1) is 46.0 Å². The third-order valence-electron chi connectivity index (χ3n) is 11.8. The molecule has 6 heteroatoms. The van der Waals surface area contributed by atoms with Gasteiger partial charge in [-0.25, -0.2) is 0 Å². The monoisotopic (exact) mass is 735 g/mol. The van der Waals surface area contributed by atoms with Crippen LogP contribution in [0.3, 0.4) is 0 Å². The molecule has 8 aromatic carbocycles. The summed E-state index contributed by atoms with van der Waals surface area (Å²) in [6.07, 6.45) is -0.281. The fourth-order valence-corrected chi connectivity index (χ4v) is 9.28. The minimum atomic E-state index is -0.146. The fourth-order valence-electron chi connectivity index (χ4n) is 9.28. The Balaban J connectivity index is 1.14. The van der Waals surface area contributed by atoms with Gasteiger partial charge in [0.2, 0.25) is 0 Å². The quantitative estimate of drug-likeness (QED) is 0.165. The van der Waals surface area contributed by atoms with Crippen LogP contribution in [0.1, 0.15) is 35.2 Å². The summed E-state index contributed by atoms with van der Waals surface area (Å²) in [5.41, 5.74) is 12.1. The Morgan fingerprint density at radius 2 is 0.895 bits per heavy atom. The van der Waals surface area contributed by atoms with Gasteiger partial charge in [0.25, 0.3) is 0 Å². The molecule has 2 unspecified atom stereocenters. The van der Waals surface area contributed by atoms with Crippen LogP contribution in [0, 0.1) is 0 Å². The SMILES string of the molecule is c1ccc(C2NC(c3ccccc3)NC(c3cccc(-n4c5ccc6c7ccccc7oc6c5c5ccc6c7ccccc7n(-c7ccccc7)c6c54)c3)N2)cc1. The van der Waals surface area contributed by atoms with Gasteiger partial charge in [-0.1, -0.05) is 140 Å². The van der Waals surface area contributed by atoms with Gasteiger partial charge in [0.1, 0.15) is 11.2 Å². The molecule has 1 fully saturated rings. The average molecular weight is 736 g/mol. The number of rotatable bonds is 5. The molecule has 0 saturated carbocycles. The van der Waals surface area contributed by atoms with Crippen molar-refractivity contribution in [1.82, 2.24) is 25.1 Å². The predicted molar refractivity (Wildman–Crippen MR) is 233 cm³/mol. The fraction of sp³-hybridized carbons (Fsp3) is 0.0588. The first kappa shape index (κ1) is 32.3. The summed E-state index contributed by atoms with van der Waals surface area (Å²) in [6.45, 7) is 0. The standard InChI is InChI=1S/C51H37N5O/c1-4-15-32(16-5-1)49-52-50(33-17-6-2-7-18-33)54-51(53-49)34-19-14-22-36(31-34)56-43-30-29-40-38-24-11-13-26-44(38)57-48(40)45(43)41-28-27-39-37-23-10-12-25-42(37)55(46(39)47(41)56)35-20-8-3-9-21-35/h1-31,49-54H. The zero-order chi connectivity index (χ0) is 37.5. The summed E-state index contributed by atoms with van der Waals surface area (Å²) in [5.74, 6) is 0. The van der Waals surface area contributed by atoms with Crippen molar-refractivity contribution in [2.75, 3.05) is 0 Å². The molecule has 11 aromatic rings. The minimum Gasteiger partial charge on any atom is -0.455 e. The number of para-hydroxylation sites is 3. The maximum Gasteiger partial charge on any atom is 0.145 e. The molecule has 0 spiro atoms. The van der Waals surface area contributed by atoms with Crippen molar-refractivity contribution in [3.05, 3.63) is 205 Å². The highest BCUT2D eigenvalue weighted by atomic mass is 16.3. The molecule has 4 heterocycles. The van der Waals surface area contributed by atoms with Gasteiger partial charge in [-0.05, 0) is 65.2 Å². The van der Waals surface area contributed by atoms with Crippen molar-refractivity contribution < 1.29 is 4.42 Å². The Labute approximate surface area is 328 Å². The summed E-state index contributed by atoms with van der Waals surface area (Å²) in [6, 6.07) is 67.3. The van der Waals surface area contributed by atoms with Gasteiger partial charge in [-0.3, -0.25) is 16.0 Å². The van der Waals surface area contributed by atoms with Crippen LogP contribution in [0.2, 0.25) is 0 Å². The molecule has 0 amide bonds. The van der Waals surface area contributed by atoms with Gasteiger partial charge in [0, 0.05) is 38.3 Å². The van der Waals surface area contributed by atoms with Gasteiger partial charge >= 0.3 is 0 Å². The Morgan fingerprint density at radius 1 is 0.368 bits per heavy atom. The molecule has 272 valence electrons. The summed E-state index contributed by atoms with van der Waals surface area (Å²) >= 11 is 0. The van der Waals surface area contributed by atoms with Crippen molar-refractivity contribution in [3.63, 3.8) is 0 Å². The van der Waals surface area contributed by atoms with Crippen LogP contribution in [0.15, 0.2) is 192 Å². The lowest BCUT2D eigenvalue weighted by Crippen LogP contribution is -2.54. The molecule has 0 aliphatic carbocycles. The van der Waals surface area contributed by atoms with Crippen LogP contribution in [-0.2, 0) is 0 Å². The molecule has 0 bridgehead atoms. The normalized spacial score (nSPS) is 17.4. The van der Waals surface area contributed by atoms with Crippen molar-refractivity contribution in [1.29, 1.82) is 0 Å². The largest absolute Gasteiger partial charge is 0.455 e. The van der Waals surface area contributed by atoms with Crippen molar-refractivity contribution in [3.8, 4) is 11.4 Å². The molecule has 57 heavy (non-hydrogen) atoms. The zero-order valence-corrected chi connectivity index (χ0v) is 30.9. The predicted octanol–water partition coefficient (Wildman–Crippen LogP) is 12.0. The number of furan rings is 1. The molecule has 12 rings (SSSR count). The molecule has 6 nitrogen and oxygen atoms in total. The van der Waals surface area contributed by atoms with E-state index in [1.165, 1.54) is 27.4 Å². The second-order valence-corrected chi connectivity index (χ2v) is 15.0. The molecular formula is C51H37N5O. The first-order chi connectivity index (χ1) is 28.3. The molecule has 1 saturated heterocycles. The Morgan fingerprint density at radius 3 is 1.63 bits per heavy atom. The first-order valence-corrected chi connectivity index (χ1v) is 19.6. The van der Waals surface area contributed by atoms with E-state index >= 15 is 0 Å². The van der Waals surface area contributed by atoms with E-state index in [1.54, 1.807) is 0 Å². The van der Waals surface area contributed by atoms with Crippen molar-refractivity contribution in [2.45, 2.75) is 18.5 Å². The maximum absolute atomic E-state index is 6.79. The number of aromatic nitrogens is 2. The van der Waals surface area contributed by atoms with E-state index < -0.39 is 0 Å². The summed E-state index contributed by atoms with van der Waals surface area (Å²) in [5, 5.41) is 18.6. The van der Waals surface area contributed by atoms with Gasteiger partial charge in [0.15, 0.2) is 0 Å². The highest BCUT2D eigenvalue weighted by Crippen LogP contribution is 2.45. The lowest BCUT2D eigenvalue weighted by Gasteiger charge is -2.39. The van der Waals surface area contributed by atoms with E-state index in [2.05, 4.69) is 207 Å². The number of hydrogen-bond acceptors (Lipinski definition) is 4. The molecule has 1 aliphatic heterocycles. The van der Waals surface area contributed by atoms with E-state index in [4.69, 9.17) is 4.42 Å². The van der Waals surface area contributed by atoms with E-state index in [0.717, 1.165) is 66.2 Å². The third-order valence-corrected chi connectivity index (χ3v) is 11.8. The van der Waals surface area contributed by atoms with Crippen LogP contribution in [-0.4, -0.2) is 9.13 Å². The van der Waals surface area contributed by atoms with Gasteiger partial charge in [-0.2, -0.15) is 0 Å². The molecule has 1 aliphatic rings. The van der Waals surface area contributed by atoms with Gasteiger partial charge in [-0.15, -0.1) is 0 Å². The zero-order valence-electron chi connectivity index (χ0n) is 30.9. The summed E-state index contributed by atoms with van der Waals surface area (Å²) in [4.78, 5) is 0. The number of benzene rings is 8. The van der Waals surface area contributed by atoms with E-state index in [9.17, 15) is 0 Å². The molecular weight excluding hydrogens is 699 g/mol. The van der Waals surface area contributed by atoms with Crippen LogP contribution in [0.4, 0.5) is 0 Å². The second kappa shape index (κ2) is 12.8. The van der Waals surface area contributed by atoms with Crippen LogP contribution in [0.5, 0.6) is 0 Å². The van der Waals surface area contributed by atoms with Crippen LogP contribution >= 0.6 is 0 Å². The Hall–Kier alpha value is -6.96.